The number of urea groups is 1. The number of anilines is 1. The molecule has 0 radical (unpaired) electrons. The fraction of sp³-hybridized carbons (Fsp3) is 0.381. The fourth-order valence-electron chi connectivity index (χ4n) is 4.30. The quantitative estimate of drug-likeness (QED) is 0.786. The number of piperidine rings is 1. The highest BCUT2D eigenvalue weighted by atomic mass is 32.2. The van der Waals surface area contributed by atoms with Crippen molar-refractivity contribution in [1.29, 1.82) is 0 Å². The predicted octanol–water partition coefficient (Wildman–Crippen LogP) is 2.98. The number of fused-ring (bicyclic) bond motifs is 2. The number of aryl methyl sites for hydroxylation is 1. The number of benzene rings is 2. The molecule has 0 aromatic heterocycles. The van der Waals surface area contributed by atoms with Crippen molar-refractivity contribution >= 4 is 21.7 Å². The Kier molecular flexibility index (Phi) is 5.23. The maximum atomic E-state index is 12.8. The summed E-state index contributed by atoms with van der Waals surface area (Å²) in [4.78, 5) is 14.9. The summed E-state index contributed by atoms with van der Waals surface area (Å²) in [6.07, 6.45) is 1.45. The maximum absolute atomic E-state index is 12.8. The van der Waals surface area contributed by atoms with Crippen LogP contribution >= 0.6 is 0 Å². The molecule has 2 aliphatic rings. The van der Waals surface area contributed by atoms with Gasteiger partial charge < -0.3 is 15.0 Å². The number of carbonyl (C=O) groups excluding carboxylic acids is 1. The number of hydrogen-bond donors (Lipinski definition) is 2. The lowest BCUT2D eigenvalue weighted by molar-refractivity contribution is 0.188. The zero-order valence-corrected chi connectivity index (χ0v) is 17.3. The molecule has 3 atom stereocenters. The third kappa shape index (κ3) is 3.95. The highest BCUT2D eigenvalue weighted by Crippen LogP contribution is 2.39. The van der Waals surface area contributed by atoms with Crippen LogP contribution in [0.3, 0.4) is 0 Å². The Morgan fingerprint density at radius 1 is 1.14 bits per heavy atom. The van der Waals surface area contributed by atoms with Crippen LogP contribution in [0.15, 0.2) is 53.4 Å². The molecule has 1 heterocycles. The van der Waals surface area contributed by atoms with Crippen molar-refractivity contribution in [2.75, 3.05) is 19.0 Å². The van der Waals surface area contributed by atoms with Gasteiger partial charge in [0.25, 0.3) is 0 Å². The summed E-state index contributed by atoms with van der Waals surface area (Å²) in [6.45, 7) is 2.47. The SMILES string of the molecule is COc1ccc(NC(=O)N2CC3CC2CC3NS(=O)(=O)c2ccccc2)c(C)c1. The van der Waals surface area contributed by atoms with E-state index >= 15 is 0 Å². The lowest BCUT2D eigenvalue weighted by atomic mass is 10.0. The lowest BCUT2D eigenvalue weighted by Gasteiger charge is -2.32. The second-order valence-corrected chi connectivity index (χ2v) is 9.40. The molecular weight excluding hydrogens is 390 g/mol. The van der Waals surface area contributed by atoms with E-state index in [0.717, 1.165) is 23.4 Å². The molecule has 2 amide bonds. The molecule has 8 heteroatoms. The molecular formula is C21H25N3O4S. The molecule has 2 aromatic rings. The van der Waals surface area contributed by atoms with Crippen LogP contribution in [-0.4, -0.2) is 45.1 Å². The lowest BCUT2D eigenvalue weighted by Crippen LogP contribution is -2.48. The second-order valence-electron chi connectivity index (χ2n) is 7.69. The summed E-state index contributed by atoms with van der Waals surface area (Å²) in [5.41, 5.74) is 1.68. The van der Waals surface area contributed by atoms with Crippen molar-refractivity contribution in [3.8, 4) is 5.75 Å². The average Bonchev–Trinajstić information content (AvgIpc) is 3.30. The number of amides is 2. The van der Waals surface area contributed by atoms with Gasteiger partial charge in [-0.25, -0.2) is 17.9 Å². The van der Waals surface area contributed by atoms with E-state index in [2.05, 4.69) is 10.0 Å². The van der Waals surface area contributed by atoms with Gasteiger partial charge in [-0.2, -0.15) is 0 Å². The minimum absolute atomic E-state index is 0.0435. The van der Waals surface area contributed by atoms with Crippen LogP contribution in [0.5, 0.6) is 5.75 Å². The first-order valence-corrected chi connectivity index (χ1v) is 11.2. The Morgan fingerprint density at radius 2 is 1.90 bits per heavy atom. The number of nitrogens with one attached hydrogen (secondary N) is 2. The Morgan fingerprint density at radius 3 is 2.52 bits per heavy atom. The summed E-state index contributed by atoms with van der Waals surface area (Å²) in [5.74, 6) is 0.871. The van der Waals surface area contributed by atoms with E-state index in [4.69, 9.17) is 4.74 Å². The van der Waals surface area contributed by atoms with Crippen LogP contribution in [0.4, 0.5) is 10.5 Å². The molecule has 1 aliphatic carbocycles. The van der Waals surface area contributed by atoms with E-state index in [1.807, 2.05) is 30.0 Å². The largest absolute Gasteiger partial charge is 0.497 e. The summed E-state index contributed by atoms with van der Waals surface area (Å²) in [6, 6.07) is 13.7. The summed E-state index contributed by atoms with van der Waals surface area (Å²) < 4.78 is 33.2. The summed E-state index contributed by atoms with van der Waals surface area (Å²) in [5, 5.41) is 2.97. The van der Waals surface area contributed by atoms with Crippen molar-refractivity contribution in [3.05, 3.63) is 54.1 Å². The van der Waals surface area contributed by atoms with Gasteiger partial charge in [0.1, 0.15) is 5.75 Å². The van der Waals surface area contributed by atoms with E-state index < -0.39 is 10.0 Å². The molecule has 0 spiro atoms. The molecule has 1 saturated carbocycles. The minimum Gasteiger partial charge on any atom is -0.497 e. The van der Waals surface area contributed by atoms with E-state index in [1.54, 1.807) is 37.4 Å². The van der Waals surface area contributed by atoms with Crippen LogP contribution in [0, 0.1) is 12.8 Å². The van der Waals surface area contributed by atoms with Crippen molar-refractivity contribution in [2.24, 2.45) is 5.92 Å². The van der Waals surface area contributed by atoms with Crippen LogP contribution < -0.4 is 14.8 Å². The average molecular weight is 416 g/mol. The molecule has 3 unspecified atom stereocenters. The van der Waals surface area contributed by atoms with Gasteiger partial charge in [0.05, 0.1) is 12.0 Å². The highest BCUT2D eigenvalue weighted by Gasteiger charge is 2.47. The van der Waals surface area contributed by atoms with Crippen LogP contribution in [-0.2, 0) is 10.0 Å². The maximum Gasteiger partial charge on any atom is 0.322 e. The minimum atomic E-state index is -3.55. The number of ether oxygens (including phenoxy) is 1. The van der Waals surface area contributed by atoms with Crippen molar-refractivity contribution in [1.82, 2.24) is 9.62 Å². The van der Waals surface area contributed by atoms with Crippen molar-refractivity contribution in [3.63, 3.8) is 0 Å². The Balaban J connectivity index is 1.38. The van der Waals surface area contributed by atoms with Gasteiger partial charge >= 0.3 is 6.03 Å². The molecule has 154 valence electrons. The van der Waals surface area contributed by atoms with Crippen LogP contribution in [0.25, 0.3) is 0 Å². The Bertz CT molecular complexity index is 1010. The molecule has 4 rings (SSSR count). The van der Waals surface area contributed by atoms with E-state index in [9.17, 15) is 13.2 Å². The summed E-state index contributed by atoms with van der Waals surface area (Å²) in [7, 11) is -1.94. The number of rotatable bonds is 5. The van der Waals surface area contributed by atoms with Gasteiger partial charge in [-0.3, -0.25) is 0 Å². The molecule has 7 nitrogen and oxygen atoms in total. The molecule has 1 aliphatic heterocycles. The van der Waals surface area contributed by atoms with Crippen molar-refractivity contribution < 1.29 is 17.9 Å². The third-order valence-corrected chi connectivity index (χ3v) is 7.34. The number of sulfonamides is 1. The summed E-state index contributed by atoms with van der Waals surface area (Å²) >= 11 is 0. The van der Waals surface area contributed by atoms with E-state index in [0.29, 0.717) is 13.0 Å². The standard InChI is InChI=1S/C21H25N3O4S/c1-14-10-17(28-2)8-9-19(14)22-21(25)24-13-15-11-16(24)12-20(15)23-29(26,27)18-6-4-3-5-7-18/h3-10,15-16,20,23H,11-13H2,1-2H3,(H,22,25). The molecule has 2 N–H and O–H groups in total. The predicted molar refractivity (Wildman–Crippen MR) is 111 cm³/mol. The number of nitrogens with zero attached hydrogens (tertiary/aromatic N) is 1. The van der Waals surface area contributed by atoms with E-state index in [1.165, 1.54) is 0 Å². The zero-order chi connectivity index (χ0) is 20.6. The van der Waals surface area contributed by atoms with Gasteiger partial charge in [-0.1, -0.05) is 18.2 Å². The van der Waals surface area contributed by atoms with Crippen molar-refractivity contribution in [2.45, 2.75) is 36.7 Å². The third-order valence-electron chi connectivity index (χ3n) is 5.84. The number of hydrogen-bond acceptors (Lipinski definition) is 4. The molecule has 2 bridgehead atoms. The molecule has 2 fully saturated rings. The Hall–Kier alpha value is -2.58. The zero-order valence-electron chi connectivity index (χ0n) is 16.5. The highest BCUT2D eigenvalue weighted by molar-refractivity contribution is 7.89. The molecule has 1 saturated heterocycles. The monoisotopic (exact) mass is 415 g/mol. The number of carbonyl (C=O) groups is 1. The van der Waals surface area contributed by atoms with Crippen LogP contribution in [0.1, 0.15) is 18.4 Å². The van der Waals surface area contributed by atoms with Gasteiger partial charge in [-0.15, -0.1) is 0 Å². The molecule has 2 aromatic carbocycles. The van der Waals surface area contributed by atoms with Gasteiger partial charge in [-0.05, 0) is 61.6 Å². The first-order valence-electron chi connectivity index (χ1n) is 9.67. The van der Waals surface area contributed by atoms with Gasteiger partial charge in [0, 0.05) is 24.3 Å². The number of methoxy groups -OCH3 is 1. The topological polar surface area (TPSA) is 87.7 Å². The first-order chi connectivity index (χ1) is 13.9. The van der Waals surface area contributed by atoms with Gasteiger partial charge in [0.2, 0.25) is 10.0 Å². The molecule has 29 heavy (non-hydrogen) atoms. The first kappa shape index (κ1) is 19.7. The Labute approximate surface area is 171 Å². The van der Waals surface area contributed by atoms with Gasteiger partial charge in [0.15, 0.2) is 0 Å². The second kappa shape index (κ2) is 7.68. The van der Waals surface area contributed by atoms with E-state index in [-0.39, 0.29) is 28.9 Å². The fourth-order valence-corrected chi connectivity index (χ4v) is 5.64. The normalized spacial score (nSPS) is 23.2. The van der Waals surface area contributed by atoms with Crippen LogP contribution in [0.2, 0.25) is 0 Å². The smallest absolute Gasteiger partial charge is 0.322 e. The number of likely N-dealkylation sites (tertiary alicyclic amines) is 1.